The van der Waals surface area contributed by atoms with Gasteiger partial charge in [0.25, 0.3) is 0 Å². The van der Waals surface area contributed by atoms with E-state index in [1.165, 1.54) is 28.8 Å². The molecule has 0 radical (unpaired) electrons. The molecule has 1 atom stereocenters. The molecule has 2 aliphatic rings. The first-order valence-electron chi connectivity index (χ1n) is 10.1. The van der Waals surface area contributed by atoms with Crippen molar-refractivity contribution in [1.82, 2.24) is 4.90 Å². The molecule has 1 unspecified atom stereocenters. The van der Waals surface area contributed by atoms with Crippen molar-refractivity contribution in [2.75, 3.05) is 38.7 Å². The minimum absolute atomic E-state index is 0.0133. The van der Waals surface area contributed by atoms with Gasteiger partial charge in [-0.05, 0) is 37.3 Å². The number of fused-ring (bicyclic) bond motifs is 1. The summed E-state index contributed by atoms with van der Waals surface area (Å²) < 4.78 is 11.4. The van der Waals surface area contributed by atoms with E-state index in [4.69, 9.17) is 9.47 Å². The molecule has 0 spiro atoms. The molecule has 5 nitrogen and oxygen atoms in total. The number of thiophene rings is 1. The second-order valence-corrected chi connectivity index (χ2v) is 8.53. The topological polar surface area (TPSA) is 50.8 Å². The molecule has 1 aromatic heterocycles. The Morgan fingerprint density at radius 2 is 1.96 bits per heavy atom. The first-order valence-corrected chi connectivity index (χ1v) is 10.9. The van der Waals surface area contributed by atoms with Crippen molar-refractivity contribution < 1.29 is 14.3 Å². The van der Waals surface area contributed by atoms with Crippen molar-refractivity contribution in [3.8, 4) is 5.75 Å². The number of para-hydroxylation sites is 1. The number of amides is 1. The lowest BCUT2D eigenvalue weighted by molar-refractivity contribution is -0.114. The summed E-state index contributed by atoms with van der Waals surface area (Å²) in [7, 11) is 1.73. The lowest BCUT2D eigenvalue weighted by atomic mass is 9.88. The summed E-state index contributed by atoms with van der Waals surface area (Å²) in [5.41, 5.74) is 3.85. The molecular formula is C22H28N2O3S. The van der Waals surface area contributed by atoms with E-state index in [1.807, 2.05) is 12.1 Å². The largest absolute Gasteiger partial charge is 0.496 e. The normalized spacial score (nSPS) is 18.4. The Morgan fingerprint density at radius 1 is 1.21 bits per heavy atom. The molecule has 1 amide bonds. The average molecular weight is 401 g/mol. The SMILES string of the molecule is COc1ccccc1C(c1c(NC(C)=O)sc2c1CCCC2)N1CCOCC1. The summed E-state index contributed by atoms with van der Waals surface area (Å²) in [5, 5.41) is 4.14. The molecule has 2 aromatic rings. The second kappa shape index (κ2) is 8.64. The number of ether oxygens (including phenoxy) is 2. The van der Waals surface area contributed by atoms with Crippen LogP contribution in [0, 0.1) is 0 Å². The fourth-order valence-corrected chi connectivity index (χ4v) is 5.76. The third-order valence-electron chi connectivity index (χ3n) is 5.62. The third-order valence-corrected chi connectivity index (χ3v) is 6.84. The quantitative estimate of drug-likeness (QED) is 0.824. The van der Waals surface area contributed by atoms with Gasteiger partial charge < -0.3 is 14.8 Å². The molecule has 1 aliphatic carbocycles. The smallest absolute Gasteiger partial charge is 0.221 e. The number of aryl methyl sites for hydroxylation is 1. The first-order chi connectivity index (χ1) is 13.7. The van der Waals surface area contributed by atoms with Crippen molar-refractivity contribution >= 4 is 22.2 Å². The average Bonchev–Trinajstić information content (AvgIpc) is 3.07. The van der Waals surface area contributed by atoms with Crippen molar-refractivity contribution in [3.63, 3.8) is 0 Å². The van der Waals surface area contributed by atoms with Crippen molar-refractivity contribution in [1.29, 1.82) is 0 Å². The highest BCUT2D eigenvalue weighted by molar-refractivity contribution is 7.16. The molecule has 1 fully saturated rings. The van der Waals surface area contributed by atoms with E-state index >= 15 is 0 Å². The number of morpholine rings is 1. The maximum Gasteiger partial charge on any atom is 0.221 e. The zero-order chi connectivity index (χ0) is 19.5. The Hall–Kier alpha value is -1.89. The van der Waals surface area contributed by atoms with Crippen molar-refractivity contribution in [3.05, 3.63) is 45.8 Å². The van der Waals surface area contributed by atoms with Gasteiger partial charge in [0.2, 0.25) is 5.91 Å². The standard InChI is InChI=1S/C22H28N2O3S/c1-15(25)23-22-20(17-8-4-6-10-19(17)28-22)21(24-11-13-27-14-12-24)16-7-3-5-9-18(16)26-2/h3,5,7,9,21H,4,6,8,10-14H2,1-2H3,(H,23,25). The number of methoxy groups -OCH3 is 1. The molecule has 1 N–H and O–H groups in total. The molecule has 1 aromatic carbocycles. The highest BCUT2D eigenvalue weighted by atomic mass is 32.1. The van der Waals surface area contributed by atoms with Gasteiger partial charge in [-0.3, -0.25) is 9.69 Å². The van der Waals surface area contributed by atoms with Gasteiger partial charge in [0.1, 0.15) is 10.8 Å². The Morgan fingerprint density at radius 3 is 2.71 bits per heavy atom. The number of nitrogens with one attached hydrogen (secondary N) is 1. The summed E-state index contributed by atoms with van der Waals surface area (Å²) >= 11 is 1.76. The number of hydrogen-bond donors (Lipinski definition) is 1. The maximum atomic E-state index is 12.0. The van der Waals surface area contributed by atoms with Crippen LogP contribution in [0.3, 0.4) is 0 Å². The molecule has 6 heteroatoms. The van der Waals surface area contributed by atoms with Crippen LogP contribution in [-0.2, 0) is 22.4 Å². The Labute approximate surface area is 170 Å². The Balaban J connectivity index is 1.89. The van der Waals surface area contributed by atoms with Crippen LogP contribution in [-0.4, -0.2) is 44.2 Å². The van der Waals surface area contributed by atoms with E-state index in [1.54, 1.807) is 25.4 Å². The van der Waals surface area contributed by atoms with Crippen LogP contribution < -0.4 is 10.1 Å². The highest BCUT2D eigenvalue weighted by Gasteiger charge is 2.34. The van der Waals surface area contributed by atoms with Crippen LogP contribution in [0.1, 0.15) is 47.4 Å². The molecule has 28 heavy (non-hydrogen) atoms. The molecule has 2 heterocycles. The zero-order valence-corrected chi connectivity index (χ0v) is 17.4. The summed E-state index contributed by atoms with van der Waals surface area (Å²) in [6, 6.07) is 8.32. The van der Waals surface area contributed by atoms with Crippen LogP contribution in [0.4, 0.5) is 5.00 Å². The second-order valence-electron chi connectivity index (χ2n) is 7.43. The van der Waals surface area contributed by atoms with Gasteiger partial charge in [0, 0.05) is 36.0 Å². The van der Waals surface area contributed by atoms with Gasteiger partial charge in [0.05, 0.1) is 26.4 Å². The van der Waals surface area contributed by atoms with Crippen LogP contribution in [0.15, 0.2) is 24.3 Å². The minimum atomic E-state index is -0.0133. The highest BCUT2D eigenvalue weighted by Crippen LogP contribution is 2.47. The van der Waals surface area contributed by atoms with Crippen molar-refractivity contribution in [2.24, 2.45) is 0 Å². The predicted molar refractivity (Wildman–Crippen MR) is 112 cm³/mol. The number of rotatable bonds is 5. The van der Waals surface area contributed by atoms with Crippen LogP contribution >= 0.6 is 11.3 Å². The van der Waals surface area contributed by atoms with E-state index in [0.29, 0.717) is 0 Å². The maximum absolute atomic E-state index is 12.0. The molecule has 150 valence electrons. The number of carbonyl (C=O) groups excluding carboxylic acids is 1. The van der Waals surface area contributed by atoms with E-state index in [-0.39, 0.29) is 11.9 Å². The molecular weight excluding hydrogens is 372 g/mol. The van der Waals surface area contributed by atoms with Gasteiger partial charge in [-0.15, -0.1) is 11.3 Å². The number of nitrogens with zero attached hydrogens (tertiary/aromatic N) is 1. The fraction of sp³-hybridized carbons (Fsp3) is 0.500. The summed E-state index contributed by atoms with van der Waals surface area (Å²) in [6.45, 7) is 4.79. The fourth-order valence-electron chi connectivity index (χ4n) is 4.40. The molecule has 1 saturated heterocycles. The van der Waals surface area contributed by atoms with Gasteiger partial charge in [-0.25, -0.2) is 0 Å². The molecule has 4 rings (SSSR count). The summed E-state index contributed by atoms with van der Waals surface area (Å²) in [6.07, 6.45) is 4.62. The lowest BCUT2D eigenvalue weighted by Crippen LogP contribution is -2.40. The van der Waals surface area contributed by atoms with Crippen molar-refractivity contribution in [2.45, 2.75) is 38.6 Å². The van der Waals surface area contributed by atoms with Gasteiger partial charge >= 0.3 is 0 Å². The van der Waals surface area contributed by atoms with E-state index in [0.717, 1.165) is 55.5 Å². The Bertz CT molecular complexity index is 842. The molecule has 0 bridgehead atoms. The summed E-state index contributed by atoms with van der Waals surface area (Å²) in [5.74, 6) is 0.879. The van der Waals surface area contributed by atoms with Crippen LogP contribution in [0.2, 0.25) is 0 Å². The van der Waals surface area contributed by atoms with Gasteiger partial charge in [-0.1, -0.05) is 18.2 Å². The first kappa shape index (κ1) is 19.4. The number of anilines is 1. The zero-order valence-electron chi connectivity index (χ0n) is 16.6. The van der Waals surface area contributed by atoms with E-state index < -0.39 is 0 Å². The number of hydrogen-bond acceptors (Lipinski definition) is 5. The predicted octanol–water partition coefficient (Wildman–Crippen LogP) is 4.02. The lowest BCUT2D eigenvalue weighted by Gasteiger charge is -2.36. The third kappa shape index (κ3) is 3.81. The van der Waals surface area contributed by atoms with Crippen LogP contribution in [0.5, 0.6) is 5.75 Å². The Kier molecular flexibility index (Phi) is 5.99. The number of carbonyl (C=O) groups is 1. The monoisotopic (exact) mass is 400 g/mol. The van der Waals surface area contributed by atoms with E-state index in [9.17, 15) is 4.79 Å². The van der Waals surface area contributed by atoms with Gasteiger partial charge in [-0.2, -0.15) is 0 Å². The minimum Gasteiger partial charge on any atom is -0.496 e. The number of benzene rings is 1. The van der Waals surface area contributed by atoms with E-state index in [2.05, 4.69) is 22.3 Å². The van der Waals surface area contributed by atoms with Gasteiger partial charge in [0.15, 0.2) is 0 Å². The summed E-state index contributed by atoms with van der Waals surface area (Å²) in [4.78, 5) is 15.9. The van der Waals surface area contributed by atoms with Crippen LogP contribution in [0.25, 0.3) is 0 Å². The molecule has 0 saturated carbocycles. The molecule has 1 aliphatic heterocycles.